The molecule has 0 bridgehead atoms. The van der Waals surface area contributed by atoms with Crippen LogP contribution in [0.5, 0.6) is 0 Å². The monoisotopic (exact) mass is 535 g/mol. The van der Waals surface area contributed by atoms with E-state index in [9.17, 15) is 53.3 Å². The molecular weight excluding hydrogens is 509 g/mol. The number of alkyl halides is 7. The first-order valence-corrected chi connectivity index (χ1v) is 11.6. The Morgan fingerprint density at radius 2 is 1.41 bits per heavy atom. The second kappa shape index (κ2) is 12.9. The summed E-state index contributed by atoms with van der Waals surface area (Å²) in [6.07, 6.45) is -5.20. The summed E-state index contributed by atoms with van der Waals surface area (Å²) in [7, 11) is -6.91. The number of esters is 2. The molecule has 0 rings (SSSR count). The van der Waals surface area contributed by atoms with Crippen molar-refractivity contribution >= 4 is 22.1 Å². The first-order chi connectivity index (χ1) is 15.4. The van der Waals surface area contributed by atoms with Crippen LogP contribution in [0, 0.1) is 0 Å². The Morgan fingerprint density at radius 3 is 1.88 bits per heavy atom. The smallest absolute Gasteiger partial charge is 0.468 e. The molecule has 0 N–H and O–H groups in total. The number of carbonyl (C=O) groups is 2. The Labute approximate surface area is 191 Å². The molecule has 1 atom stereocenters. The second-order valence-electron chi connectivity index (χ2n) is 7.10. The quantitative estimate of drug-likeness (QED) is 0.0945. The molecule has 0 saturated carbocycles. The van der Waals surface area contributed by atoms with E-state index >= 15 is 0 Å². The maximum absolute atomic E-state index is 13.7. The average Bonchev–Trinajstić information content (AvgIpc) is 2.67. The lowest BCUT2D eigenvalue weighted by atomic mass is 10.1. The van der Waals surface area contributed by atoms with Crippen molar-refractivity contribution in [2.24, 2.45) is 0 Å². The van der Waals surface area contributed by atoms with Crippen LogP contribution < -0.4 is 0 Å². The summed E-state index contributed by atoms with van der Waals surface area (Å²) in [5.74, 6) is -14.2. The number of rotatable bonds is 16. The molecule has 0 spiro atoms. The van der Waals surface area contributed by atoms with Gasteiger partial charge in [0.15, 0.2) is 10.1 Å². The molecule has 0 radical (unpaired) electrons. The lowest BCUT2D eigenvalue weighted by Crippen LogP contribution is -2.59. The highest BCUT2D eigenvalue weighted by Crippen LogP contribution is 2.42. The molecule has 0 aromatic heterocycles. The van der Waals surface area contributed by atoms with Gasteiger partial charge in [-0.3, -0.25) is 4.79 Å². The third-order valence-corrected chi connectivity index (χ3v) is 5.30. The number of hydrogen-bond donors (Lipinski definition) is 0. The van der Waals surface area contributed by atoms with E-state index in [1.165, 1.54) is 0 Å². The highest BCUT2D eigenvalue weighted by molar-refractivity contribution is 7.86. The van der Waals surface area contributed by atoms with Gasteiger partial charge in [-0.25, -0.2) is 13.2 Å². The molecular formula is C18H26F7O8S-. The summed E-state index contributed by atoms with van der Waals surface area (Å²) in [5, 5.41) is -6.19. The lowest BCUT2D eigenvalue weighted by Gasteiger charge is -2.33. The molecule has 0 heterocycles. The zero-order valence-electron chi connectivity index (χ0n) is 18.4. The molecule has 0 aromatic carbocycles. The third kappa shape index (κ3) is 8.52. The molecule has 16 heteroatoms. The molecule has 1 unspecified atom stereocenters. The molecule has 34 heavy (non-hydrogen) atoms. The number of ether oxygens (including phenoxy) is 3. The van der Waals surface area contributed by atoms with Crippen LogP contribution in [-0.2, 0) is 33.9 Å². The summed E-state index contributed by atoms with van der Waals surface area (Å²) in [4.78, 5) is 23.9. The van der Waals surface area contributed by atoms with Crippen molar-refractivity contribution in [3.8, 4) is 0 Å². The molecule has 0 aliphatic heterocycles. The van der Waals surface area contributed by atoms with Gasteiger partial charge < -0.3 is 18.8 Å². The van der Waals surface area contributed by atoms with Crippen molar-refractivity contribution in [1.82, 2.24) is 0 Å². The van der Waals surface area contributed by atoms with E-state index in [4.69, 9.17) is 0 Å². The summed E-state index contributed by atoms with van der Waals surface area (Å²) < 4.78 is 138. The maximum atomic E-state index is 13.7. The average molecular weight is 535 g/mol. The van der Waals surface area contributed by atoms with E-state index in [0.29, 0.717) is 12.8 Å². The highest BCUT2D eigenvalue weighted by Gasteiger charge is 2.68. The van der Waals surface area contributed by atoms with Crippen LogP contribution in [0.3, 0.4) is 0 Å². The van der Waals surface area contributed by atoms with Crippen molar-refractivity contribution in [2.75, 3.05) is 13.2 Å². The minimum Gasteiger partial charge on any atom is -0.743 e. The van der Waals surface area contributed by atoms with E-state index < -0.39 is 71.3 Å². The first-order valence-electron chi connectivity index (χ1n) is 10.2. The molecule has 0 saturated heterocycles. The fraction of sp³-hybridized carbons (Fsp3) is 0.889. The zero-order chi connectivity index (χ0) is 26.8. The maximum Gasteiger partial charge on any atom is 0.468 e. The van der Waals surface area contributed by atoms with E-state index in [0.717, 1.165) is 26.2 Å². The predicted octanol–water partition coefficient (Wildman–Crippen LogP) is 4.28. The van der Waals surface area contributed by atoms with Crippen LogP contribution in [0.1, 0.15) is 65.2 Å². The van der Waals surface area contributed by atoms with Gasteiger partial charge in [0.1, 0.15) is 0 Å². The van der Waals surface area contributed by atoms with Gasteiger partial charge in [0.05, 0.1) is 13.2 Å². The Bertz CT molecular complexity index is 771. The van der Waals surface area contributed by atoms with Gasteiger partial charge in [-0.15, -0.1) is 0 Å². The number of halogens is 7. The zero-order valence-corrected chi connectivity index (χ0v) is 19.2. The molecule has 0 amide bonds. The summed E-state index contributed by atoms with van der Waals surface area (Å²) >= 11 is 0. The Hall–Kier alpha value is -1.68. The van der Waals surface area contributed by atoms with Crippen LogP contribution in [0.25, 0.3) is 0 Å². The Balaban J connectivity index is 5.60. The second-order valence-corrected chi connectivity index (χ2v) is 8.52. The summed E-state index contributed by atoms with van der Waals surface area (Å²) in [6, 6.07) is 0. The molecule has 0 fully saturated rings. The molecule has 0 aliphatic carbocycles. The van der Waals surface area contributed by atoms with Crippen LogP contribution >= 0.6 is 0 Å². The van der Waals surface area contributed by atoms with Crippen molar-refractivity contribution in [3.63, 3.8) is 0 Å². The van der Waals surface area contributed by atoms with Crippen LogP contribution in [0.15, 0.2) is 0 Å². The van der Waals surface area contributed by atoms with Gasteiger partial charge >= 0.3 is 35.1 Å². The SMILES string of the molecule is CCCCCCCCC(=O)OC(OCCC(F)(F)C(F)(F)S(=O)(=O)[O-])(C(=O)OCC)C(F)(F)F. The normalized spacial score (nSPS) is 15.0. The van der Waals surface area contributed by atoms with Gasteiger partial charge in [0, 0.05) is 12.8 Å². The number of unbranched alkanes of at least 4 members (excludes halogenated alkanes) is 5. The van der Waals surface area contributed by atoms with Gasteiger partial charge in [-0.2, -0.15) is 30.7 Å². The number of hydrogen-bond acceptors (Lipinski definition) is 8. The molecule has 202 valence electrons. The van der Waals surface area contributed by atoms with Crippen molar-refractivity contribution in [1.29, 1.82) is 0 Å². The fourth-order valence-electron chi connectivity index (χ4n) is 2.52. The molecule has 0 aromatic rings. The van der Waals surface area contributed by atoms with Crippen molar-refractivity contribution in [2.45, 2.75) is 88.4 Å². The minimum atomic E-state index is -6.91. The van der Waals surface area contributed by atoms with Gasteiger partial charge in [-0.1, -0.05) is 39.0 Å². The van der Waals surface area contributed by atoms with Crippen LogP contribution in [0.2, 0.25) is 0 Å². The van der Waals surface area contributed by atoms with Gasteiger partial charge in [0.2, 0.25) is 0 Å². The fourth-order valence-corrected chi connectivity index (χ4v) is 2.99. The summed E-state index contributed by atoms with van der Waals surface area (Å²) in [6.45, 7) is 0.240. The highest BCUT2D eigenvalue weighted by atomic mass is 32.2. The standard InChI is InChI=1S/C18H27F7O8S/c1-3-5-6-7-8-9-10-13(26)33-16(17(21,22)23,14(27)31-4-2)32-12-11-15(19,20)18(24,25)34(28,29)30/h3-12H2,1-2H3,(H,28,29,30)/p-1. The van der Waals surface area contributed by atoms with Crippen molar-refractivity contribution < 1.29 is 67.5 Å². The Kier molecular flexibility index (Phi) is 12.2. The first kappa shape index (κ1) is 32.3. The van der Waals surface area contributed by atoms with Crippen LogP contribution in [0.4, 0.5) is 30.7 Å². The predicted molar refractivity (Wildman–Crippen MR) is 99.7 cm³/mol. The van der Waals surface area contributed by atoms with Gasteiger partial charge in [-0.05, 0) is 13.3 Å². The number of carbonyl (C=O) groups excluding carboxylic acids is 2. The molecule has 8 nitrogen and oxygen atoms in total. The van der Waals surface area contributed by atoms with Crippen LogP contribution in [-0.4, -0.2) is 61.3 Å². The lowest BCUT2D eigenvalue weighted by molar-refractivity contribution is -0.358. The van der Waals surface area contributed by atoms with Crippen molar-refractivity contribution in [3.05, 3.63) is 0 Å². The Morgan fingerprint density at radius 1 is 0.882 bits per heavy atom. The third-order valence-electron chi connectivity index (χ3n) is 4.37. The van der Waals surface area contributed by atoms with E-state index in [1.807, 2.05) is 6.92 Å². The summed E-state index contributed by atoms with van der Waals surface area (Å²) in [5.41, 5.74) is 0. The largest absolute Gasteiger partial charge is 0.743 e. The van der Waals surface area contributed by atoms with E-state index in [-0.39, 0.29) is 6.42 Å². The topological polar surface area (TPSA) is 119 Å². The molecule has 0 aliphatic rings. The van der Waals surface area contributed by atoms with E-state index in [2.05, 4.69) is 14.2 Å². The van der Waals surface area contributed by atoms with E-state index in [1.54, 1.807) is 0 Å². The minimum absolute atomic E-state index is 0.0605. The van der Waals surface area contributed by atoms with Gasteiger partial charge in [0.25, 0.3) is 0 Å².